The first-order valence-electron chi connectivity index (χ1n) is 7.98. The molecule has 25 heavy (non-hydrogen) atoms. The highest BCUT2D eigenvalue weighted by Gasteiger charge is 2.11. The van der Waals surface area contributed by atoms with E-state index in [-0.39, 0.29) is 5.91 Å². The normalized spacial score (nSPS) is 10.2. The van der Waals surface area contributed by atoms with E-state index in [0.717, 1.165) is 22.7 Å². The van der Waals surface area contributed by atoms with Crippen molar-refractivity contribution in [3.8, 4) is 5.75 Å². The van der Waals surface area contributed by atoms with Gasteiger partial charge >= 0.3 is 0 Å². The van der Waals surface area contributed by atoms with Gasteiger partial charge in [0.05, 0.1) is 12.7 Å². The Morgan fingerprint density at radius 1 is 1.16 bits per heavy atom. The van der Waals surface area contributed by atoms with Crippen molar-refractivity contribution in [3.63, 3.8) is 0 Å². The predicted molar refractivity (Wildman–Crippen MR) is 102 cm³/mol. The van der Waals surface area contributed by atoms with Crippen LogP contribution in [-0.4, -0.2) is 42.6 Å². The van der Waals surface area contributed by atoms with Crippen molar-refractivity contribution in [2.24, 2.45) is 0 Å². The van der Waals surface area contributed by atoms with E-state index in [1.165, 1.54) is 0 Å². The fraction of sp³-hybridized carbons (Fsp3) is 0.353. The average molecular weight is 408 g/mol. The van der Waals surface area contributed by atoms with E-state index in [0.29, 0.717) is 30.2 Å². The van der Waals surface area contributed by atoms with Crippen LogP contribution in [0.4, 0.5) is 11.6 Å². The summed E-state index contributed by atoms with van der Waals surface area (Å²) >= 11 is 3.38. The number of nitrogens with one attached hydrogen (secondary N) is 3. The lowest BCUT2D eigenvalue weighted by Gasteiger charge is -2.11. The third-order valence-electron chi connectivity index (χ3n) is 3.33. The topological polar surface area (TPSA) is 88.2 Å². The average Bonchev–Trinajstić information content (AvgIpc) is 2.59. The van der Waals surface area contributed by atoms with Crippen molar-refractivity contribution in [1.29, 1.82) is 0 Å². The number of ether oxygens (including phenoxy) is 1. The lowest BCUT2D eigenvalue weighted by atomic mass is 10.2. The summed E-state index contributed by atoms with van der Waals surface area (Å²) in [5.74, 6) is 2.66. The van der Waals surface area contributed by atoms with Gasteiger partial charge in [0.15, 0.2) is 0 Å². The van der Waals surface area contributed by atoms with Crippen molar-refractivity contribution in [2.75, 3.05) is 37.4 Å². The Bertz CT molecular complexity index is 739. The zero-order valence-electron chi connectivity index (χ0n) is 14.5. The molecule has 0 aliphatic carbocycles. The Hall–Kier alpha value is -2.35. The van der Waals surface area contributed by atoms with Crippen LogP contribution < -0.4 is 20.7 Å². The van der Waals surface area contributed by atoms with Crippen molar-refractivity contribution in [1.82, 2.24) is 15.3 Å². The minimum absolute atomic E-state index is 0.167. The zero-order chi connectivity index (χ0) is 18.2. The van der Waals surface area contributed by atoms with E-state index < -0.39 is 0 Å². The number of methoxy groups -OCH3 is 1. The largest absolute Gasteiger partial charge is 0.497 e. The smallest absolute Gasteiger partial charge is 0.252 e. The van der Waals surface area contributed by atoms with Gasteiger partial charge < -0.3 is 20.7 Å². The molecule has 0 aliphatic heterocycles. The molecule has 0 radical (unpaired) electrons. The fourth-order valence-corrected chi connectivity index (χ4v) is 2.62. The number of halogens is 1. The molecule has 0 fully saturated rings. The number of aromatic nitrogens is 2. The SMILES string of the molecule is CCNc1cc(NCCNC(=O)c2cc(OC)ccc2Br)nc(C)n1. The second-order valence-corrected chi connectivity index (χ2v) is 6.10. The summed E-state index contributed by atoms with van der Waals surface area (Å²) in [6.45, 7) is 5.66. The number of benzene rings is 1. The molecular formula is C17H22BrN5O2. The summed E-state index contributed by atoms with van der Waals surface area (Å²) in [6, 6.07) is 7.12. The first-order valence-corrected chi connectivity index (χ1v) is 8.78. The Kier molecular flexibility index (Phi) is 7.00. The zero-order valence-corrected chi connectivity index (χ0v) is 16.1. The highest BCUT2D eigenvalue weighted by atomic mass is 79.9. The molecule has 0 saturated carbocycles. The molecule has 8 heteroatoms. The standard InChI is InChI=1S/C17H22BrN5O2/c1-4-19-15-10-16(23-11(2)22-15)20-7-8-21-17(24)13-9-12(25-3)5-6-14(13)18/h5-6,9-10H,4,7-8H2,1-3H3,(H,21,24)(H2,19,20,22,23). The van der Waals surface area contributed by atoms with Gasteiger partial charge in [-0.3, -0.25) is 4.79 Å². The molecule has 0 aliphatic rings. The molecule has 0 saturated heterocycles. The molecular weight excluding hydrogens is 386 g/mol. The van der Waals surface area contributed by atoms with Crippen LogP contribution in [0.3, 0.4) is 0 Å². The second kappa shape index (κ2) is 9.22. The van der Waals surface area contributed by atoms with E-state index in [1.54, 1.807) is 25.3 Å². The van der Waals surface area contributed by atoms with Crippen LogP contribution in [0, 0.1) is 6.92 Å². The van der Waals surface area contributed by atoms with Gasteiger partial charge in [0, 0.05) is 30.2 Å². The Morgan fingerprint density at radius 2 is 1.88 bits per heavy atom. The van der Waals surface area contributed by atoms with Crippen molar-refractivity contribution < 1.29 is 9.53 Å². The summed E-state index contributed by atoms with van der Waals surface area (Å²) < 4.78 is 5.88. The Labute approximate surface area is 155 Å². The molecule has 0 unspecified atom stereocenters. The third kappa shape index (κ3) is 5.60. The number of nitrogens with zero attached hydrogens (tertiary/aromatic N) is 2. The number of amides is 1. The van der Waals surface area contributed by atoms with E-state index >= 15 is 0 Å². The monoisotopic (exact) mass is 407 g/mol. The first-order chi connectivity index (χ1) is 12.0. The first kappa shape index (κ1) is 19.0. The number of anilines is 2. The van der Waals surface area contributed by atoms with Crippen LogP contribution in [0.15, 0.2) is 28.7 Å². The molecule has 7 nitrogen and oxygen atoms in total. The molecule has 0 atom stereocenters. The van der Waals surface area contributed by atoms with Gasteiger partial charge in [-0.25, -0.2) is 9.97 Å². The maximum atomic E-state index is 12.3. The number of carbonyl (C=O) groups excluding carboxylic acids is 1. The molecule has 2 aromatic rings. The number of rotatable bonds is 8. The minimum Gasteiger partial charge on any atom is -0.497 e. The highest BCUT2D eigenvalue weighted by Crippen LogP contribution is 2.22. The van der Waals surface area contributed by atoms with Gasteiger partial charge in [-0.05, 0) is 48.0 Å². The third-order valence-corrected chi connectivity index (χ3v) is 4.02. The van der Waals surface area contributed by atoms with Gasteiger partial charge in [0.1, 0.15) is 23.2 Å². The maximum Gasteiger partial charge on any atom is 0.252 e. The highest BCUT2D eigenvalue weighted by molar-refractivity contribution is 9.10. The number of hydrogen-bond donors (Lipinski definition) is 3. The molecule has 1 aromatic carbocycles. The second-order valence-electron chi connectivity index (χ2n) is 5.24. The molecule has 134 valence electrons. The summed E-state index contributed by atoms with van der Waals surface area (Å²) in [5, 5.41) is 9.21. The van der Waals surface area contributed by atoms with E-state index in [9.17, 15) is 4.79 Å². The Morgan fingerprint density at radius 3 is 2.56 bits per heavy atom. The number of aryl methyl sites for hydroxylation is 1. The minimum atomic E-state index is -0.167. The molecule has 1 amide bonds. The molecule has 1 heterocycles. The van der Waals surface area contributed by atoms with Crippen LogP contribution in [0.1, 0.15) is 23.1 Å². The number of hydrogen-bond acceptors (Lipinski definition) is 6. The van der Waals surface area contributed by atoms with Crippen LogP contribution in [0.2, 0.25) is 0 Å². The predicted octanol–water partition coefficient (Wildman–Crippen LogP) is 2.83. The van der Waals surface area contributed by atoms with Gasteiger partial charge in [-0.15, -0.1) is 0 Å². The van der Waals surface area contributed by atoms with Crippen molar-refractivity contribution >= 4 is 33.5 Å². The molecule has 3 N–H and O–H groups in total. The summed E-state index contributed by atoms with van der Waals surface area (Å²) in [4.78, 5) is 20.9. The van der Waals surface area contributed by atoms with Gasteiger partial charge in [-0.1, -0.05) is 0 Å². The molecule has 0 bridgehead atoms. The van der Waals surface area contributed by atoms with E-state index in [4.69, 9.17) is 4.74 Å². The number of carbonyl (C=O) groups is 1. The quantitative estimate of drug-likeness (QED) is 0.583. The van der Waals surface area contributed by atoms with Crippen LogP contribution in [-0.2, 0) is 0 Å². The lowest BCUT2D eigenvalue weighted by molar-refractivity contribution is 0.0954. The lowest BCUT2D eigenvalue weighted by Crippen LogP contribution is -2.29. The summed E-state index contributed by atoms with van der Waals surface area (Å²) in [5.41, 5.74) is 0.534. The Balaban J connectivity index is 1.88. The van der Waals surface area contributed by atoms with Crippen LogP contribution >= 0.6 is 15.9 Å². The molecule has 0 spiro atoms. The van der Waals surface area contributed by atoms with E-state index in [1.807, 2.05) is 19.9 Å². The van der Waals surface area contributed by atoms with Crippen LogP contribution in [0.5, 0.6) is 5.75 Å². The maximum absolute atomic E-state index is 12.3. The van der Waals surface area contributed by atoms with Crippen molar-refractivity contribution in [2.45, 2.75) is 13.8 Å². The van der Waals surface area contributed by atoms with Crippen molar-refractivity contribution in [3.05, 3.63) is 40.1 Å². The van der Waals surface area contributed by atoms with Gasteiger partial charge in [0.2, 0.25) is 0 Å². The van der Waals surface area contributed by atoms with Gasteiger partial charge in [-0.2, -0.15) is 0 Å². The molecule has 1 aromatic heterocycles. The van der Waals surface area contributed by atoms with Gasteiger partial charge in [0.25, 0.3) is 5.91 Å². The summed E-state index contributed by atoms with van der Waals surface area (Å²) in [7, 11) is 1.57. The van der Waals surface area contributed by atoms with Crippen LogP contribution in [0.25, 0.3) is 0 Å². The fourth-order valence-electron chi connectivity index (χ4n) is 2.20. The van der Waals surface area contributed by atoms with E-state index in [2.05, 4.69) is 41.8 Å². The summed E-state index contributed by atoms with van der Waals surface area (Å²) in [6.07, 6.45) is 0. The molecule has 2 rings (SSSR count).